The highest BCUT2D eigenvalue weighted by atomic mass is 32.2. The summed E-state index contributed by atoms with van der Waals surface area (Å²) in [5, 5.41) is 2.97. The summed E-state index contributed by atoms with van der Waals surface area (Å²) in [6, 6.07) is 8.31. The molecule has 2 heterocycles. The second-order valence-corrected chi connectivity index (χ2v) is 7.98. The van der Waals surface area contributed by atoms with Gasteiger partial charge in [-0.15, -0.1) is 0 Å². The molecule has 0 aliphatic carbocycles. The Kier molecular flexibility index (Phi) is 4.26. The highest BCUT2D eigenvalue weighted by Gasteiger charge is 2.17. The molecule has 0 aliphatic rings. The molecule has 0 unspecified atom stereocenters. The summed E-state index contributed by atoms with van der Waals surface area (Å²) in [5.74, 6) is 0.312. The van der Waals surface area contributed by atoms with Gasteiger partial charge in [-0.1, -0.05) is 24.3 Å². The highest BCUT2D eigenvalue weighted by molar-refractivity contribution is 7.90. The van der Waals surface area contributed by atoms with Crippen LogP contribution in [-0.4, -0.2) is 29.4 Å². The molecule has 3 rings (SSSR count). The summed E-state index contributed by atoms with van der Waals surface area (Å²) in [6.07, 6.45) is 2.37. The molecule has 0 bridgehead atoms. The van der Waals surface area contributed by atoms with E-state index in [1.165, 1.54) is 10.9 Å². The van der Waals surface area contributed by atoms with Crippen molar-refractivity contribution in [1.29, 1.82) is 0 Å². The fourth-order valence-corrected chi connectivity index (χ4v) is 3.68. The Bertz CT molecular complexity index is 1200. The maximum Gasteiger partial charge on any atom is 0.280 e. The number of rotatable bonds is 3. The topological polar surface area (TPSA) is 89.2 Å². The molecule has 0 atom stereocenters. The van der Waals surface area contributed by atoms with E-state index in [0.717, 1.165) is 6.26 Å². The number of hydrogen-bond donors (Lipinski definition) is 1. The predicted molar refractivity (Wildman–Crippen MR) is 98.5 cm³/mol. The van der Waals surface area contributed by atoms with Crippen LogP contribution in [0.25, 0.3) is 21.8 Å². The third-order valence-corrected chi connectivity index (χ3v) is 5.26. The Labute approximate surface area is 150 Å². The molecule has 0 saturated heterocycles. The number of pyridine rings is 1. The van der Waals surface area contributed by atoms with Crippen molar-refractivity contribution >= 4 is 15.5 Å². The molecule has 0 spiro atoms. The van der Waals surface area contributed by atoms with Crippen molar-refractivity contribution < 1.29 is 8.42 Å². The molecule has 2 aromatic heterocycles. The number of nitrogens with one attached hydrogen (secondary N) is 1. The van der Waals surface area contributed by atoms with Crippen molar-refractivity contribution in [2.24, 2.45) is 0 Å². The molecule has 3 aromatic rings. The molecule has 26 heavy (non-hydrogen) atoms. The molecule has 132 valence electrons. The molecule has 0 saturated carbocycles. The minimum Gasteiger partial charge on any atom is -0.293 e. The van der Waals surface area contributed by atoms with E-state index in [2.05, 4.69) is 14.9 Å². The van der Waals surface area contributed by atoms with Gasteiger partial charge in [0.25, 0.3) is 5.56 Å². The molecule has 0 fully saturated rings. The summed E-state index contributed by atoms with van der Waals surface area (Å²) < 4.78 is 24.7. The zero-order valence-electron chi connectivity index (χ0n) is 14.4. The van der Waals surface area contributed by atoms with Gasteiger partial charge in [-0.25, -0.2) is 22.9 Å². The van der Waals surface area contributed by atoms with E-state index in [1.54, 1.807) is 44.2 Å². The number of aryl methyl sites for hydroxylation is 2. The zero-order valence-corrected chi connectivity index (χ0v) is 15.3. The lowest BCUT2D eigenvalue weighted by molar-refractivity contribution is 0.600. The standard InChI is InChI=1S/C18H16N4O3S/c1-11-9-16(20-10-15(11)26(4,24)25)22-18(23)17(12(2)21-22)13-5-7-14(19-3)8-6-13/h5-10,21H,1-2,4H3. The smallest absolute Gasteiger partial charge is 0.280 e. The molecule has 0 aliphatic heterocycles. The lowest BCUT2D eigenvalue weighted by Crippen LogP contribution is -2.17. The maximum atomic E-state index is 12.9. The summed E-state index contributed by atoms with van der Waals surface area (Å²) in [4.78, 5) is 20.4. The summed E-state index contributed by atoms with van der Waals surface area (Å²) in [5.41, 5.74) is 2.54. The van der Waals surface area contributed by atoms with Crippen LogP contribution >= 0.6 is 0 Å². The minimum atomic E-state index is -3.38. The summed E-state index contributed by atoms with van der Waals surface area (Å²) >= 11 is 0. The minimum absolute atomic E-state index is 0.132. The van der Waals surface area contributed by atoms with Gasteiger partial charge < -0.3 is 0 Å². The Hall–Kier alpha value is -3.18. The normalized spacial score (nSPS) is 11.3. The number of aromatic nitrogens is 3. The first-order chi connectivity index (χ1) is 12.2. The van der Waals surface area contributed by atoms with Crippen LogP contribution in [0, 0.1) is 20.4 Å². The predicted octanol–water partition coefficient (Wildman–Crippen LogP) is 2.80. The van der Waals surface area contributed by atoms with Crippen LogP contribution in [0.1, 0.15) is 11.3 Å². The fraction of sp³-hybridized carbons (Fsp3) is 0.167. The third kappa shape index (κ3) is 3.05. The van der Waals surface area contributed by atoms with E-state index in [-0.39, 0.29) is 10.5 Å². The number of hydrogen-bond acceptors (Lipinski definition) is 4. The van der Waals surface area contributed by atoms with E-state index < -0.39 is 9.84 Å². The van der Waals surface area contributed by atoms with Crippen molar-refractivity contribution in [2.75, 3.05) is 6.26 Å². The first-order valence-electron chi connectivity index (χ1n) is 7.69. The summed E-state index contributed by atoms with van der Waals surface area (Å²) in [7, 11) is -3.38. The molecule has 1 N–H and O–H groups in total. The average molecular weight is 368 g/mol. The molecule has 7 nitrogen and oxygen atoms in total. The first kappa shape index (κ1) is 17.6. The maximum absolute atomic E-state index is 12.9. The van der Waals surface area contributed by atoms with Crippen LogP contribution in [0.5, 0.6) is 0 Å². The Morgan fingerprint density at radius 1 is 1.19 bits per heavy atom. The van der Waals surface area contributed by atoms with Gasteiger partial charge in [-0.05, 0) is 31.0 Å². The molecule has 1 aromatic carbocycles. The Morgan fingerprint density at radius 3 is 2.38 bits per heavy atom. The number of nitrogens with zero attached hydrogens (tertiary/aromatic N) is 3. The van der Waals surface area contributed by atoms with Gasteiger partial charge in [0.2, 0.25) is 0 Å². The highest BCUT2D eigenvalue weighted by Crippen LogP contribution is 2.23. The lowest BCUT2D eigenvalue weighted by Gasteiger charge is -2.06. The SMILES string of the molecule is [C-]#[N+]c1ccc(-c2c(C)[nH]n(-c3cc(C)c(S(C)(=O)=O)cn3)c2=O)cc1. The molecule has 0 amide bonds. The van der Waals surface area contributed by atoms with Gasteiger partial charge >= 0.3 is 0 Å². The van der Waals surface area contributed by atoms with Crippen LogP contribution in [0.15, 0.2) is 46.2 Å². The van der Waals surface area contributed by atoms with Gasteiger partial charge in [0.1, 0.15) is 0 Å². The van der Waals surface area contributed by atoms with Crippen LogP contribution in [0.3, 0.4) is 0 Å². The molecular formula is C18H16N4O3S. The Balaban J connectivity index is 2.13. The van der Waals surface area contributed by atoms with Crippen LogP contribution in [0.4, 0.5) is 5.69 Å². The lowest BCUT2D eigenvalue weighted by atomic mass is 10.1. The molecule has 0 radical (unpaired) electrons. The number of sulfone groups is 1. The van der Waals surface area contributed by atoms with Gasteiger partial charge in [0, 0.05) is 18.1 Å². The first-order valence-corrected chi connectivity index (χ1v) is 9.58. The van der Waals surface area contributed by atoms with Crippen LogP contribution < -0.4 is 5.56 Å². The quantitative estimate of drug-likeness (QED) is 0.720. The van der Waals surface area contributed by atoms with E-state index in [1.807, 2.05) is 0 Å². The largest absolute Gasteiger partial charge is 0.293 e. The summed E-state index contributed by atoms with van der Waals surface area (Å²) in [6.45, 7) is 10.4. The van der Waals surface area contributed by atoms with E-state index in [4.69, 9.17) is 6.57 Å². The Morgan fingerprint density at radius 2 is 1.85 bits per heavy atom. The second-order valence-electron chi connectivity index (χ2n) is 5.99. The van der Waals surface area contributed by atoms with Crippen molar-refractivity contribution in [1.82, 2.24) is 14.8 Å². The second kappa shape index (κ2) is 6.28. The fourth-order valence-electron chi connectivity index (χ4n) is 2.79. The van der Waals surface area contributed by atoms with Crippen molar-refractivity contribution in [3.8, 4) is 16.9 Å². The van der Waals surface area contributed by atoms with Gasteiger partial charge in [0.05, 0.1) is 17.0 Å². The average Bonchev–Trinajstić information content (AvgIpc) is 2.88. The van der Waals surface area contributed by atoms with E-state index in [9.17, 15) is 13.2 Å². The van der Waals surface area contributed by atoms with Gasteiger partial charge in [-0.3, -0.25) is 9.89 Å². The number of benzene rings is 1. The van der Waals surface area contributed by atoms with Crippen molar-refractivity contribution in [2.45, 2.75) is 18.7 Å². The monoisotopic (exact) mass is 368 g/mol. The van der Waals surface area contributed by atoms with Crippen LogP contribution in [0.2, 0.25) is 0 Å². The zero-order chi connectivity index (χ0) is 19.1. The van der Waals surface area contributed by atoms with Gasteiger partial charge in [-0.2, -0.15) is 0 Å². The van der Waals surface area contributed by atoms with Gasteiger partial charge in [0.15, 0.2) is 21.3 Å². The van der Waals surface area contributed by atoms with Crippen molar-refractivity contribution in [3.05, 3.63) is 69.6 Å². The number of aromatic amines is 1. The van der Waals surface area contributed by atoms with Crippen molar-refractivity contribution in [3.63, 3.8) is 0 Å². The number of H-pyrrole nitrogens is 1. The van der Waals surface area contributed by atoms with E-state index in [0.29, 0.717) is 33.9 Å². The molecular weight excluding hydrogens is 352 g/mol. The van der Waals surface area contributed by atoms with E-state index >= 15 is 0 Å². The third-order valence-electron chi connectivity index (χ3n) is 4.03. The molecule has 8 heteroatoms. The van der Waals surface area contributed by atoms with Crippen LogP contribution in [-0.2, 0) is 9.84 Å².